The summed E-state index contributed by atoms with van der Waals surface area (Å²) < 4.78 is 13.0. The predicted molar refractivity (Wildman–Crippen MR) is 141 cm³/mol. The number of unbranched alkanes of at least 4 members (excludes halogenated alkanes) is 3. The number of nitrogen functional groups attached to an aromatic ring is 1. The minimum absolute atomic E-state index is 0.109. The van der Waals surface area contributed by atoms with Crippen LogP contribution in [0.4, 0.5) is 5.69 Å². The Morgan fingerprint density at radius 3 is 2.27 bits per heavy atom. The molecule has 178 valence electrons. The van der Waals surface area contributed by atoms with Crippen molar-refractivity contribution in [3.63, 3.8) is 0 Å². The molecule has 3 aromatic rings. The molecule has 0 saturated heterocycles. The number of hydrogen-bond donors (Lipinski definition) is 1. The lowest BCUT2D eigenvalue weighted by Crippen LogP contribution is -2.41. The molecule has 0 amide bonds. The molecular formula is C28H40N2O2Si. The molecule has 2 N–H and O–H groups in total. The molecule has 0 aliphatic carbocycles. The topological polar surface area (TPSA) is 61.3 Å². The first-order valence-corrected chi connectivity index (χ1v) is 15.1. The van der Waals surface area contributed by atoms with Crippen molar-refractivity contribution in [3.05, 3.63) is 72.2 Å². The van der Waals surface area contributed by atoms with Gasteiger partial charge in [-0.25, -0.2) is 4.98 Å². The molecule has 0 saturated carbocycles. The van der Waals surface area contributed by atoms with Crippen LogP contribution in [-0.4, -0.2) is 13.3 Å². The second-order valence-corrected chi connectivity index (χ2v) is 15.2. The number of nitrogens with zero attached hydrogens (tertiary/aromatic N) is 1. The van der Waals surface area contributed by atoms with Gasteiger partial charge in [0.15, 0.2) is 14.1 Å². The number of benzene rings is 2. The third-order valence-corrected chi connectivity index (χ3v) is 11.2. The first-order valence-electron chi connectivity index (χ1n) is 12.2. The van der Waals surface area contributed by atoms with Gasteiger partial charge in [0.25, 0.3) is 0 Å². The van der Waals surface area contributed by atoms with Gasteiger partial charge in [0.1, 0.15) is 6.10 Å². The van der Waals surface area contributed by atoms with Gasteiger partial charge in [0.2, 0.25) is 5.89 Å². The fourth-order valence-electron chi connectivity index (χ4n) is 3.64. The summed E-state index contributed by atoms with van der Waals surface area (Å²) in [5, 5.41) is 0.132. The summed E-state index contributed by atoms with van der Waals surface area (Å²) >= 11 is 0. The number of aromatic nitrogens is 1. The molecule has 3 rings (SSSR count). The Morgan fingerprint density at radius 1 is 0.939 bits per heavy atom. The van der Waals surface area contributed by atoms with Gasteiger partial charge in [-0.1, -0.05) is 70.4 Å². The van der Waals surface area contributed by atoms with E-state index in [9.17, 15) is 0 Å². The summed E-state index contributed by atoms with van der Waals surface area (Å²) in [7, 11) is -1.96. The molecule has 0 spiro atoms. The normalized spacial score (nSPS) is 13.2. The van der Waals surface area contributed by atoms with Gasteiger partial charge >= 0.3 is 0 Å². The summed E-state index contributed by atoms with van der Waals surface area (Å²) in [6.45, 7) is 11.4. The number of anilines is 1. The van der Waals surface area contributed by atoms with E-state index in [4.69, 9.17) is 14.6 Å². The highest BCUT2D eigenvalue weighted by Crippen LogP contribution is 2.41. The highest BCUT2D eigenvalue weighted by atomic mass is 28.4. The SMILES string of the molecule is CC(C)(C)[Si](C)(C)OC(CCCCCCc1ccccc1)c1ncc(-c2ccc(N)cc2)o1. The second kappa shape index (κ2) is 11.2. The van der Waals surface area contributed by atoms with E-state index in [-0.39, 0.29) is 11.1 Å². The van der Waals surface area contributed by atoms with Gasteiger partial charge in [0.05, 0.1) is 6.20 Å². The van der Waals surface area contributed by atoms with Crippen LogP contribution in [0.2, 0.25) is 18.1 Å². The van der Waals surface area contributed by atoms with E-state index in [2.05, 4.69) is 69.2 Å². The Balaban J connectivity index is 1.62. The molecule has 5 heteroatoms. The molecule has 1 unspecified atom stereocenters. The minimum Gasteiger partial charge on any atom is -0.438 e. The summed E-state index contributed by atoms with van der Waals surface area (Å²) in [6.07, 6.45) is 8.52. The van der Waals surface area contributed by atoms with Gasteiger partial charge in [0, 0.05) is 11.3 Å². The van der Waals surface area contributed by atoms with Crippen molar-refractivity contribution in [2.45, 2.75) is 83.5 Å². The van der Waals surface area contributed by atoms with Crippen molar-refractivity contribution >= 4 is 14.0 Å². The standard InChI is InChI=1S/C28H40N2O2Si/c1-28(2,3)33(4,5)32-25(16-12-7-6-9-13-22-14-10-8-11-15-22)27-30-21-26(31-27)23-17-19-24(29)20-18-23/h8,10-11,14-15,17-21,25H,6-7,9,12-13,16,29H2,1-5H3. The van der Waals surface area contributed by atoms with Crippen LogP contribution in [0.15, 0.2) is 65.2 Å². The van der Waals surface area contributed by atoms with Gasteiger partial charge in [-0.05, 0) is 67.2 Å². The second-order valence-electron chi connectivity index (χ2n) is 10.5. The lowest BCUT2D eigenvalue weighted by molar-refractivity contribution is 0.139. The molecule has 1 heterocycles. The molecule has 2 aromatic carbocycles. The van der Waals surface area contributed by atoms with Gasteiger partial charge in [-0.2, -0.15) is 0 Å². The van der Waals surface area contributed by atoms with Crippen LogP contribution in [0.5, 0.6) is 0 Å². The fraction of sp³-hybridized carbons (Fsp3) is 0.464. The zero-order chi connectivity index (χ0) is 23.9. The van der Waals surface area contributed by atoms with E-state index < -0.39 is 8.32 Å². The predicted octanol–water partition coefficient (Wildman–Crippen LogP) is 8.18. The Hall–Kier alpha value is -2.37. The third kappa shape index (κ3) is 7.31. The van der Waals surface area contributed by atoms with E-state index in [0.29, 0.717) is 5.89 Å². The Kier molecular flexibility index (Phi) is 8.55. The van der Waals surface area contributed by atoms with Gasteiger partial charge in [-0.15, -0.1) is 0 Å². The average molecular weight is 465 g/mol. The minimum atomic E-state index is -1.96. The smallest absolute Gasteiger partial charge is 0.222 e. The molecule has 1 aromatic heterocycles. The van der Waals surface area contributed by atoms with Gasteiger partial charge < -0.3 is 14.6 Å². The quantitative estimate of drug-likeness (QED) is 0.176. The van der Waals surface area contributed by atoms with Crippen molar-refractivity contribution in [1.29, 1.82) is 0 Å². The molecule has 0 aliphatic heterocycles. The Bertz CT molecular complexity index is 975. The summed E-state index contributed by atoms with van der Waals surface area (Å²) in [5.41, 5.74) is 8.97. The molecular weight excluding hydrogens is 424 g/mol. The van der Waals surface area contributed by atoms with E-state index in [1.165, 1.54) is 24.8 Å². The van der Waals surface area contributed by atoms with Crippen molar-refractivity contribution in [2.75, 3.05) is 5.73 Å². The first kappa shape index (κ1) is 25.3. The maximum atomic E-state index is 6.80. The van der Waals surface area contributed by atoms with Crippen LogP contribution in [-0.2, 0) is 10.8 Å². The fourth-order valence-corrected chi connectivity index (χ4v) is 4.92. The third-order valence-electron chi connectivity index (χ3n) is 6.76. The highest BCUT2D eigenvalue weighted by Gasteiger charge is 2.40. The number of hydrogen-bond acceptors (Lipinski definition) is 4. The monoisotopic (exact) mass is 464 g/mol. The van der Waals surface area contributed by atoms with Crippen molar-refractivity contribution in [1.82, 2.24) is 4.98 Å². The maximum absolute atomic E-state index is 6.80. The zero-order valence-electron chi connectivity index (χ0n) is 20.9. The molecule has 33 heavy (non-hydrogen) atoms. The van der Waals surface area contributed by atoms with Crippen LogP contribution in [0.3, 0.4) is 0 Å². The molecule has 0 fully saturated rings. The van der Waals surface area contributed by atoms with Crippen LogP contribution < -0.4 is 5.73 Å². The van der Waals surface area contributed by atoms with Gasteiger partial charge in [-0.3, -0.25) is 0 Å². The number of nitrogens with two attached hydrogens (primary N) is 1. The number of oxazole rings is 1. The van der Waals surface area contributed by atoms with Crippen molar-refractivity contribution in [2.24, 2.45) is 0 Å². The van der Waals surface area contributed by atoms with E-state index in [1.54, 1.807) is 0 Å². The van der Waals surface area contributed by atoms with Crippen LogP contribution in [0, 0.1) is 0 Å². The average Bonchev–Trinajstić information content (AvgIpc) is 3.26. The Morgan fingerprint density at radius 2 is 1.61 bits per heavy atom. The molecule has 0 aliphatic rings. The van der Waals surface area contributed by atoms with Crippen LogP contribution in [0.1, 0.15) is 70.4 Å². The van der Waals surface area contributed by atoms with Crippen LogP contribution >= 0.6 is 0 Å². The number of aryl methyl sites for hydroxylation is 1. The Labute approximate surface area is 200 Å². The zero-order valence-corrected chi connectivity index (χ0v) is 21.9. The lowest BCUT2D eigenvalue weighted by atomic mass is 10.0. The molecule has 0 radical (unpaired) electrons. The van der Waals surface area contributed by atoms with Crippen LogP contribution in [0.25, 0.3) is 11.3 Å². The lowest BCUT2D eigenvalue weighted by Gasteiger charge is -2.38. The number of rotatable bonds is 11. The largest absolute Gasteiger partial charge is 0.438 e. The first-order chi connectivity index (χ1) is 15.7. The van der Waals surface area contributed by atoms with Crippen molar-refractivity contribution in [3.8, 4) is 11.3 Å². The van der Waals surface area contributed by atoms with Crippen molar-refractivity contribution < 1.29 is 8.84 Å². The summed E-state index contributed by atoms with van der Waals surface area (Å²) in [6, 6.07) is 18.4. The summed E-state index contributed by atoms with van der Waals surface area (Å²) in [5.74, 6) is 1.45. The maximum Gasteiger partial charge on any atom is 0.222 e. The molecule has 0 bridgehead atoms. The van der Waals surface area contributed by atoms with E-state index in [0.717, 1.165) is 36.3 Å². The summed E-state index contributed by atoms with van der Waals surface area (Å²) in [4.78, 5) is 4.64. The van der Waals surface area contributed by atoms with E-state index in [1.807, 2.05) is 30.5 Å². The molecule has 1 atom stereocenters. The molecule has 4 nitrogen and oxygen atoms in total. The highest BCUT2D eigenvalue weighted by molar-refractivity contribution is 6.74. The van der Waals surface area contributed by atoms with E-state index >= 15 is 0 Å².